The molecule has 4 rings (SSSR count). The van der Waals surface area contributed by atoms with Gasteiger partial charge in [-0.1, -0.05) is 60.7 Å². The first-order valence-corrected chi connectivity index (χ1v) is 10.8. The van der Waals surface area contributed by atoms with Gasteiger partial charge in [0.1, 0.15) is 18.7 Å². The van der Waals surface area contributed by atoms with Crippen LogP contribution in [-0.2, 0) is 11.2 Å². The van der Waals surface area contributed by atoms with Gasteiger partial charge in [-0.05, 0) is 42.3 Å². The van der Waals surface area contributed by atoms with Gasteiger partial charge in [-0.3, -0.25) is 9.59 Å². The Hall–Kier alpha value is -4.26. The molecule has 0 aliphatic rings. The number of benzene rings is 3. The van der Waals surface area contributed by atoms with Gasteiger partial charge in [0.2, 0.25) is 5.91 Å². The Labute approximate surface area is 192 Å². The maximum atomic E-state index is 13.2. The van der Waals surface area contributed by atoms with Crippen LogP contribution in [0.4, 0.5) is 0 Å². The summed E-state index contributed by atoms with van der Waals surface area (Å²) in [7, 11) is 0. The van der Waals surface area contributed by atoms with Gasteiger partial charge in [-0.2, -0.15) is 5.10 Å². The Morgan fingerprint density at radius 3 is 2.18 bits per heavy atom. The molecule has 2 N–H and O–H groups in total. The molecule has 33 heavy (non-hydrogen) atoms. The van der Waals surface area contributed by atoms with Crippen LogP contribution in [0.3, 0.4) is 0 Å². The third kappa shape index (κ3) is 5.71. The Bertz CT molecular complexity index is 1180. The number of hydrogen-bond acceptors (Lipinski definition) is 4. The molecular formula is C26H25N5O2. The average Bonchev–Trinajstić information content (AvgIpc) is 3.40. The van der Waals surface area contributed by atoms with Gasteiger partial charge in [0.05, 0.1) is 11.7 Å². The molecule has 0 saturated carbocycles. The van der Waals surface area contributed by atoms with Crippen LogP contribution in [0, 0.1) is 0 Å². The van der Waals surface area contributed by atoms with Crippen LogP contribution in [0.2, 0.25) is 0 Å². The number of aromatic nitrogens is 3. The first-order chi connectivity index (χ1) is 16.1. The summed E-state index contributed by atoms with van der Waals surface area (Å²) >= 11 is 0. The zero-order chi connectivity index (χ0) is 23.0. The summed E-state index contributed by atoms with van der Waals surface area (Å²) in [5.74, 6) is -0.521. The Morgan fingerprint density at radius 2 is 1.55 bits per heavy atom. The third-order valence-corrected chi connectivity index (χ3v) is 5.38. The summed E-state index contributed by atoms with van der Waals surface area (Å²) in [4.78, 5) is 29.9. The lowest BCUT2D eigenvalue weighted by molar-refractivity contribution is -0.123. The maximum Gasteiger partial charge on any atom is 0.251 e. The van der Waals surface area contributed by atoms with Gasteiger partial charge in [0, 0.05) is 12.0 Å². The standard InChI is InChI=1S/C26H25N5O2/c1-19(21-12-14-23(15-13-21)31-18-27-17-28-31)29-26(33)24(16-20-8-4-2-5-9-20)30-25(32)22-10-6-3-7-11-22/h2-15,17-19,24H,16H2,1H3,(H,29,33)(H,30,32)/t19-,24-/m0/s1. The van der Waals surface area contributed by atoms with E-state index in [0.29, 0.717) is 12.0 Å². The van der Waals surface area contributed by atoms with Crippen molar-refractivity contribution in [1.29, 1.82) is 0 Å². The molecule has 0 fully saturated rings. The van der Waals surface area contributed by atoms with Crippen molar-refractivity contribution >= 4 is 11.8 Å². The van der Waals surface area contributed by atoms with E-state index in [0.717, 1.165) is 16.8 Å². The van der Waals surface area contributed by atoms with Gasteiger partial charge in [-0.25, -0.2) is 9.67 Å². The quantitative estimate of drug-likeness (QED) is 0.440. The normalized spacial score (nSPS) is 12.5. The Balaban J connectivity index is 1.47. The van der Waals surface area contributed by atoms with Crippen LogP contribution in [0.5, 0.6) is 0 Å². The van der Waals surface area contributed by atoms with Gasteiger partial charge in [-0.15, -0.1) is 0 Å². The number of carbonyl (C=O) groups excluding carboxylic acids is 2. The van der Waals surface area contributed by atoms with Crippen molar-refractivity contribution in [3.63, 3.8) is 0 Å². The van der Waals surface area contributed by atoms with E-state index in [1.54, 1.807) is 35.3 Å². The summed E-state index contributed by atoms with van der Waals surface area (Å²) in [5, 5.41) is 10.1. The van der Waals surface area contributed by atoms with Crippen LogP contribution in [-0.4, -0.2) is 32.6 Å². The van der Waals surface area contributed by atoms with E-state index in [1.165, 1.54) is 6.33 Å². The van der Waals surface area contributed by atoms with Crippen molar-refractivity contribution < 1.29 is 9.59 Å². The van der Waals surface area contributed by atoms with Crippen molar-refractivity contribution in [2.24, 2.45) is 0 Å². The number of nitrogens with one attached hydrogen (secondary N) is 2. The fourth-order valence-corrected chi connectivity index (χ4v) is 3.54. The molecule has 1 heterocycles. The van der Waals surface area contributed by atoms with E-state index in [-0.39, 0.29) is 17.9 Å². The monoisotopic (exact) mass is 439 g/mol. The smallest absolute Gasteiger partial charge is 0.251 e. The number of nitrogens with zero attached hydrogens (tertiary/aromatic N) is 3. The molecule has 0 spiro atoms. The minimum absolute atomic E-state index is 0.240. The van der Waals surface area contributed by atoms with Crippen LogP contribution in [0.25, 0.3) is 5.69 Å². The Morgan fingerprint density at radius 1 is 0.879 bits per heavy atom. The third-order valence-electron chi connectivity index (χ3n) is 5.38. The first kappa shape index (κ1) is 22.0. The van der Waals surface area contributed by atoms with Gasteiger partial charge in [0.25, 0.3) is 5.91 Å². The molecule has 4 aromatic rings. The number of rotatable bonds is 8. The van der Waals surface area contributed by atoms with E-state index < -0.39 is 6.04 Å². The second-order valence-corrected chi connectivity index (χ2v) is 7.74. The predicted octanol–water partition coefficient (Wildman–Crippen LogP) is 3.49. The second kappa shape index (κ2) is 10.4. The van der Waals surface area contributed by atoms with Gasteiger partial charge in [0.15, 0.2) is 0 Å². The fourth-order valence-electron chi connectivity index (χ4n) is 3.54. The lowest BCUT2D eigenvalue weighted by Gasteiger charge is -2.22. The van der Waals surface area contributed by atoms with E-state index in [1.807, 2.05) is 67.6 Å². The molecule has 166 valence electrons. The zero-order valence-electron chi connectivity index (χ0n) is 18.3. The topological polar surface area (TPSA) is 88.9 Å². The van der Waals surface area contributed by atoms with Crippen LogP contribution < -0.4 is 10.6 Å². The molecule has 3 aromatic carbocycles. The Kier molecular flexibility index (Phi) is 6.90. The second-order valence-electron chi connectivity index (χ2n) is 7.74. The average molecular weight is 440 g/mol. The highest BCUT2D eigenvalue weighted by atomic mass is 16.2. The molecule has 0 aliphatic carbocycles. The summed E-state index contributed by atoms with van der Waals surface area (Å²) in [6.07, 6.45) is 3.50. The number of amides is 2. The van der Waals surface area contributed by atoms with Crippen molar-refractivity contribution in [2.45, 2.75) is 25.4 Å². The lowest BCUT2D eigenvalue weighted by Crippen LogP contribution is -2.48. The lowest BCUT2D eigenvalue weighted by atomic mass is 10.0. The molecule has 0 aliphatic heterocycles. The fraction of sp³-hybridized carbons (Fsp3) is 0.154. The summed E-state index contributed by atoms with van der Waals surface area (Å²) in [6.45, 7) is 1.92. The van der Waals surface area contributed by atoms with E-state index in [4.69, 9.17) is 0 Å². The molecule has 0 saturated heterocycles. The molecule has 0 radical (unpaired) electrons. The molecule has 2 atom stereocenters. The van der Waals surface area contributed by atoms with Gasteiger partial charge < -0.3 is 10.6 Å². The summed E-state index contributed by atoms with van der Waals surface area (Å²) < 4.78 is 1.67. The largest absolute Gasteiger partial charge is 0.348 e. The summed E-state index contributed by atoms with van der Waals surface area (Å²) in [6, 6.07) is 25.3. The SMILES string of the molecule is C[C@H](NC(=O)[C@H](Cc1ccccc1)NC(=O)c1ccccc1)c1ccc(-n2cncn2)cc1. The molecule has 7 nitrogen and oxygen atoms in total. The van der Waals surface area contributed by atoms with Crippen LogP contribution in [0.15, 0.2) is 97.6 Å². The predicted molar refractivity (Wildman–Crippen MR) is 126 cm³/mol. The molecule has 0 bridgehead atoms. The summed E-state index contributed by atoms with van der Waals surface area (Å²) in [5.41, 5.74) is 3.31. The van der Waals surface area contributed by atoms with E-state index in [9.17, 15) is 9.59 Å². The molecule has 2 amide bonds. The highest BCUT2D eigenvalue weighted by Gasteiger charge is 2.23. The highest BCUT2D eigenvalue weighted by molar-refractivity contribution is 5.97. The molecule has 0 unspecified atom stereocenters. The maximum absolute atomic E-state index is 13.2. The highest BCUT2D eigenvalue weighted by Crippen LogP contribution is 2.16. The number of carbonyl (C=O) groups is 2. The first-order valence-electron chi connectivity index (χ1n) is 10.8. The minimum Gasteiger partial charge on any atom is -0.348 e. The van der Waals surface area contributed by atoms with Crippen LogP contribution >= 0.6 is 0 Å². The van der Waals surface area contributed by atoms with E-state index in [2.05, 4.69) is 20.7 Å². The van der Waals surface area contributed by atoms with Crippen molar-refractivity contribution in [1.82, 2.24) is 25.4 Å². The molecule has 1 aromatic heterocycles. The zero-order valence-corrected chi connectivity index (χ0v) is 18.3. The van der Waals surface area contributed by atoms with Gasteiger partial charge >= 0.3 is 0 Å². The van der Waals surface area contributed by atoms with Crippen LogP contribution in [0.1, 0.15) is 34.5 Å². The van der Waals surface area contributed by atoms with Crippen molar-refractivity contribution in [3.05, 3.63) is 114 Å². The number of hydrogen-bond donors (Lipinski definition) is 2. The molecular weight excluding hydrogens is 414 g/mol. The van der Waals surface area contributed by atoms with Crippen molar-refractivity contribution in [3.8, 4) is 5.69 Å². The van der Waals surface area contributed by atoms with E-state index >= 15 is 0 Å². The minimum atomic E-state index is -0.711. The molecule has 7 heteroatoms. The van der Waals surface area contributed by atoms with Crippen molar-refractivity contribution in [2.75, 3.05) is 0 Å².